The summed E-state index contributed by atoms with van der Waals surface area (Å²) in [4.78, 5) is 4.13. The van der Waals surface area contributed by atoms with Crippen molar-refractivity contribution in [2.24, 2.45) is 0 Å². The summed E-state index contributed by atoms with van der Waals surface area (Å²) in [6.07, 6.45) is 2.29. The van der Waals surface area contributed by atoms with Crippen molar-refractivity contribution in [2.75, 3.05) is 33.2 Å². The van der Waals surface area contributed by atoms with Crippen molar-refractivity contribution in [1.29, 1.82) is 0 Å². The lowest BCUT2D eigenvalue weighted by Gasteiger charge is -2.15. The normalized spacial score (nSPS) is 10.1. The van der Waals surface area contributed by atoms with Gasteiger partial charge in [-0.25, -0.2) is 4.98 Å². The molecule has 0 fully saturated rings. The molecule has 134 valence electrons. The number of benzene rings is 1. The molecule has 0 aliphatic carbocycles. The second-order valence-corrected chi connectivity index (χ2v) is 5.87. The van der Waals surface area contributed by atoms with Crippen molar-refractivity contribution >= 4 is 34.7 Å². The molecule has 0 saturated carbocycles. The van der Waals surface area contributed by atoms with Crippen molar-refractivity contribution < 1.29 is 14.2 Å². The highest BCUT2D eigenvalue weighted by molar-refractivity contribution is 7.80. The first kappa shape index (κ1) is 19.1. The van der Waals surface area contributed by atoms with E-state index >= 15 is 0 Å². The summed E-state index contributed by atoms with van der Waals surface area (Å²) in [5, 5.41) is 7.20. The van der Waals surface area contributed by atoms with Crippen LogP contribution in [0.1, 0.15) is 5.56 Å². The number of thiocarbonyl (C=S) groups is 1. The van der Waals surface area contributed by atoms with E-state index in [2.05, 4.69) is 15.6 Å². The van der Waals surface area contributed by atoms with Crippen LogP contribution in [0.5, 0.6) is 17.2 Å². The highest BCUT2D eigenvalue weighted by Crippen LogP contribution is 2.38. The fourth-order valence-electron chi connectivity index (χ4n) is 2.21. The molecular formula is C17H20ClN3O3S. The molecule has 0 saturated heterocycles. The first-order chi connectivity index (χ1) is 12.1. The maximum Gasteiger partial charge on any atom is 0.203 e. The molecule has 6 nitrogen and oxygen atoms in total. The highest BCUT2D eigenvalue weighted by atomic mass is 35.5. The number of hydrogen-bond acceptors (Lipinski definition) is 5. The Kier molecular flexibility index (Phi) is 7.09. The lowest BCUT2D eigenvalue weighted by Crippen LogP contribution is -2.30. The van der Waals surface area contributed by atoms with Gasteiger partial charge in [-0.2, -0.15) is 0 Å². The van der Waals surface area contributed by atoms with Crippen molar-refractivity contribution in [3.8, 4) is 17.2 Å². The minimum absolute atomic E-state index is 0.488. The van der Waals surface area contributed by atoms with E-state index in [4.69, 9.17) is 38.0 Å². The lowest BCUT2D eigenvalue weighted by atomic mass is 10.1. The van der Waals surface area contributed by atoms with Crippen LogP contribution in [0.3, 0.4) is 0 Å². The van der Waals surface area contributed by atoms with Crippen molar-refractivity contribution in [1.82, 2.24) is 10.3 Å². The number of rotatable bonds is 7. The molecule has 0 spiro atoms. The number of hydrogen-bond donors (Lipinski definition) is 2. The van der Waals surface area contributed by atoms with Crippen molar-refractivity contribution in [3.63, 3.8) is 0 Å². The Bertz CT molecular complexity index is 701. The van der Waals surface area contributed by atoms with Gasteiger partial charge in [0.1, 0.15) is 5.82 Å². The predicted molar refractivity (Wildman–Crippen MR) is 103 cm³/mol. The number of nitrogens with zero attached hydrogens (tertiary/aromatic N) is 1. The van der Waals surface area contributed by atoms with E-state index in [0.29, 0.717) is 39.7 Å². The van der Waals surface area contributed by atoms with E-state index in [1.54, 1.807) is 39.7 Å². The molecule has 0 bridgehead atoms. The number of anilines is 1. The highest BCUT2D eigenvalue weighted by Gasteiger charge is 2.13. The van der Waals surface area contributed by atoms with Crippen LogP contribution in [-0.2, 0) is 6.42 Å². The molecule has 0 aliphatic heterocycles. The summed E-state index contributed by atoms with van der Waals surface area (Å²) >= 11 is 11.1. The largest absolute Gasteiger partial charge is 0.493 e. The number of halogens is 1. The van der Waals surface area contributed by atoms with Crippen LogP contribution < -0.4 is 24.8 Å². The van der Waals surface area contributed by atoms with Gasteiger partial charge in [0.25, 0.3) is 0 Å². The number of methoxy groups -OCH3 is 3. The topological polar surface area (TPSA) is 64.6 Å². The van der Waals surface area contributed by atoms with E-state index in [9.17, 15) is 0 Å². The van der Waals surface area contributed by atoms with Crippen LogP contribution in [0.4, 0.5) is 5.82 Å². The molecule has 2 aromatic rings. The molecule has 0 radical (unpaired) electrons. The monoisotopic (exact) mass is 381 g/mol. The molecule has 2 rings (SSSR count). The zero-order valence-electron chi connectivity index (χ0n) is 14.3. The van der Waals surface area contributed by atoms with E-state index < -0.39 is 0 Å². The molecule has 2 N–H and O–H groups in total. The van der Waals surface area contributed by atoms with Crippen LogP contribution >= 0.6 is 23.8 Å². The molecular weight excluding hydrogens is 362 g/mol. The molecule has 0 unspecified atom stereocenters. The van der Waals surface area contributed by atoms with Gasteiger partial charge in [0.05, 0.1) is 26.4 Å². The molecule has 8 heteroatoms. The van der Waals surface area contributed by atoms with Crippen molar-refractivity contribution in [3.05, 3.63) is 41.0 Å². The van der Waals surface area contributed by atoms with Crippen LogP contribution in [0, 0.1) is 0 Å². The molecule has 25 heavy (non-hydrogen) atoms. The van der Waals surface area contributed by atoms with E-state index in [1.165, 1.54) is 0 Å². The zero-order chi connectivity index (χ0) is 18.2. The van der Waals surface area contributed by atoms with E-state index in [0.717, 1.165) is 12.0 Å². The maximum absolute atomic E-state index is 5.80. The van der Waals surface area contributed by atoms with Gasteiger partial charge in [-0.15, -0.1) is 0 Å². The quantitative estimate of drug-likeness (QED) is 0.713. The Labute approximate surface area is 157 Å². The van der Waals surface area contributed by atoms with Gasteiger partial charge in [-0.05, 0) is 48.5 Å². The van der Waals surface area contributed by atoms with E-state index in [-0.39, 0.29) is 0 Å². The Morgan fingerprint density at radius 1 is 1.12 bits per heavy atom. The number of nitrogens with one attached hydrogen (secondary N) is 2. The van der Waals surface area contributed by atoms with Gasteiger partial charge >= 0.3 is 0 Å². The smallest absolute Gasteiger partial charge is 0.203 e. The molecule has 0 aliphatic rings. The van der Waals surface area contributed by atoms with E-state index in [1.807, 2.05) is 12.1 Å². The SMILES string of the molecule is COc1cc(CCNC(=S)Nc2ccc(Cl)cn2)cc(OC)c1OC. The van der Waals surface area contributed by atoms with Crippen molar-refractivity contribution in [2.45, 2.75) is 6.42 Å². The zero-order valence-corrected chi connectivity index (χ0v) is 15.8. The predicted octanol–water partition coefficient (Wildman–Crippen LogP) is 3.29. The van der Waals surface area contributed by atoms with Gasteiger partial charge in [0.2, 0.25) is 5.75 Å². The molecule has 1 heterocycles. The standard InChI is InChI=1S/C17H20ClN3O3S/c1-22-13-8-11(9-14(23-2)16(13)24-3)6-7-19-17(25)21-15-5-4-12(18)10-20-15/h4-5,8-10H,6-7H2,1-3H3,(H2,19,20,21,25). The third kappa shape index (κ3) is 5.37. The Morgan fingerprint density at radius 3 is 2.32 bits per heavy atom. The number of ether oxygens (including phenoxy) is 3. The average molecular weight is 382 g/mol. The first-order valence-electron chi connectivity index (χ1n) is 7.52. The number of aromatic nitrogens is 1. The van der Waals surface area contributed by atoms with Crippen LogP contribution in [0.25, 0.3) is 0 Å². The van der Waals surface area contributed by atoms with Gasteiger partial charge < -0.3 is 24.8 Å². The lowest BCUT2D eigenvalue weighted by molar-refractivity contribution is 0.324. The fourth-order valence-corrected chi connectivity index (χ4v) is 2.53. The molecule has 1 aromatic heterocycles. The van der Waals surface area contributed by atoms with Crippen LogP contribution in [0.2, 0.25) is 5.02 Å². The Balaban J connectivity index is 1.92. The Morgan fingerprint density at radius 2 is 1.80 bits per heavy atom. The first-order valence-corrected chi connectivity index (χ1v) is 8.31. The Hall–Kier alpha value is -2.25. The third-order valence-electron chi connectivity index (χ3n) is 3.39. The maximum atomic E-state index is 5.80. The molecule has 1 aromatic carbocycles. The van der Waals surface area contributed by atoms with Gasteiger partial charge in [0.15, 0.2) is 16.6 Å². The minimum Gasteiger partial charge on any atom is -0.493 e. The van der Waals surface area contributed by atoms with Gasteiger partial charge in [-0.3, -0.25) is 0 Å². The fraction of sp³-hybridized carbons (Fsp3) is 0.294. The van der Waals surface area contributed by atoms with Gasteiger partial charge in [0, 0.05) is 12.7 Å². The summed E-state index contributed by atoms with van der Waals surface area (Å²) in [6.45, 7) is 0.637. The van der Waals surface area contributed by atoms with Crippen LogP contribution in [0.15, 0.2) is 30.5 Å². The second kappa shape index (κ2) is 9.29. The average Bonchev–Trinajstić information content (AvgIpc) is 2.62. The second-order valence-electron chi connectivity index (χ2n) is 5.03. The third-order valence-corrected chi connectivity index (χ3v) is 3.86. The van der Waals surface area contributed by atoms with Crippen LogP contribution in [-0.4, -0.2) is 38.0 Å². The number of pyridine rings is 1. The molecule has 0 amide bonds. The minimum atomic E-state index is 0.488. The van der Waals surface area contributed by atoms with Gasteiger partial charge in [-0.1, -0.05) is 11.6 Å². The summed E-state index contributed by atoms with van der Waals surface area (Å²) in [6, 6.07) is 7.34. The summed E-state index contributed by atoms with van der Waals surface area (Å²) in [5.74, 6) is 2.47. The summed E-state index contributed by atoms with van der Waals surface area (Å²) < 4.78 is 16.0. The summed E-state index contributed by atoms with van der Waals surface area (Å²) in [5.41, 5.74) is 1.04. The summed E-state index contributed by atoms with van der Waals surface area (Å²) in [7, 11) is 4.77. The molecule has 0 atom stereocenters.